The van der Waals surface area contributed by atoms with Crippen LogP contribution in [-0.2, 0) is 0 Å². The van der Waals surface area contributed by atoms with Crippen LogP contribution >= 0.6 is 0 Å². The highest BCUT2D eigenvalue weighted by atomic mass is 16.3. The molecule has 0 bridgehead atoms. The molecule has 0 spiro atoms. The summed E-state index contributed by atoms with van der Waals surface area (Å²) >= 11 is 0. The first-order valence-corrected chi connectivity index (χ1v) is 4.19. The van der Waals surface area contributed by atoms with Crippen molar-refractivity contribution in [3.63, 3.8) is 0 Å². The molecule has 0 saturated carbocycles. The predicted molar refractivity (Wildman–Crippen MR) is 48.0 cm³/mol. The quantitative estimate of drug-likeness (QED) is 0.602. The van der Waals surface area contributed by atoms with Crippen molar-refractivity contribution in [1.82, 2.24) is 0 Å². The van der Waals surface area contributed by atoms with Gasteiger partial charge in [-0.2, -0.15) is 0 Å². The zero-order valence-electron chi connectivity index (χ0n) is 7.89. The van der Waals surface area contributed by atoms with Gasteiger partial charge in [-0.1, -0.05) is 27.7 Å². The molecule has 66 valence electrons. The lowest BCUT2D eigenvalue weighted by molar-refractivity contribution is 0.216. The van der Waals surface area contributed by atoms with Crippen LogP contribution in [0.2, 0.25) is 0 Å². The maximum absolute atomic E-state index is 8.84. The Morgan fingerprint density at radius 3 is 2.00 bits per heavy atom. The molecule has 0 saturated heterocycles. The van der Waals surface area contributed by atoms with Gasteiger partial charge in [0.1, 0.15) is 0 Å². The molecule has 0 aromatic carbocycles. The second-order valence-corrected chi connectivity index (χ2v) is 3.56. The van der Waals surface area contributed by atoms with Crippen LogP contribution in [0.3, 0.4) is 0 Å². The molecule has 2 nitrogen and oxygen atoms in total. The van der Waals surface area contributed by atoms with E-state index in [0.29, 0.717) is 5.92 Å². The van der Waals surface area contributed by atoms with E-state index in [4.69, 9.17) is 10.5 Å². The molecular weight excluding hydrogens is 138 g/mol. The summed E-state index contributed by atoms with van der Waals surface area (Å²) < 4.78 is 0. The molecule has 2 unspecified atom stereocenters. The van der Waals surface area contributed by atoms with E-state index in [2.05, 4.69) is 0 Å². The van der Waals surface area contributed by atoms with Gasteiger partial charge in [-0.05, 0) is 17.8 Å². The molecule has 0 aliphatic rings. The number of hydrogen-bond acceptors (Lipinski definition) is 2. The number of hydrogen-bond donors (Lipinski definition) is 2. The summed E-state index contributed by atoms with van der Waals surface area (Å²) in [6, 6.07) is 0. The summed E-state index contributed by atoms with van der Waals surface area (Å²) in [6.07, 6.45) is 0. The van der Waals surface area contributed by atoms with E-state index in [1.54, 1.807) is 0 Å². The Bertz CT molecular complexity index is 132. The van der Waals surface area contributed by atoms with Crippen molar-refractivity contribution in [2.24, 2.45) is 17.8 Å². The predicted octanol–water partition coefficient (Wildman–Crippen LogP) is 1.93. The first-order chi connectivity index (χ1) is 5.00. The lowest BCUT2D eigenvalue weighted by atomic mass is 9.87. The van der Waals surface area contributed by atoms with Crippen LogP contribution < -0.4 is 0 Å². The van der Waals surface area contributed by atoms with E-state index in [0.717, 1.165) is 5.71 Å². The minimum Gasteiger partial charge on any atom is -0.396 e. The van der Waals surface area contributed by atoms with E-state index in [1.165, 1.54) is 0 Å². The molecule has 0 heterocycles. The van der Waals surface area contributed by atoms with Crippen molar-refractivity contribution in [3.05, 3.63) is 0 Å². The topological polar surface area (TPSA) is 44.1 Å². The average molecular weight is 157 g/mol. The van der Waals surface area contributed by atoms with Gasteiger partial charge < -0.3 is 10.5 Å². The van der Waals surface area contributed by atoms with Crippen LogP contribution in [0.4, 0.5) is 0 Å². The molecule has 0 radical (unpaired) electrons. The lowest BCUT2D eigenvalue weighted by Crippen LogP contribution is -2.24. The Balaban J connectivity index is 4.02. The van der Waals surface area contributed by atoms with Crippen LogP contribution in [0.1, 0.15) is 27.7 Å². The van der Waals surface area contributed by atoms with Gasteiger partial charge in [-0.15, -0.1) is 0 Å². The van der Waals surface area contributed by atoms with E-state index < -0.39 is 0 Å². The molecule has 2 heteroatoms. The molecule has 0 amide bonds. The van der Waals surface area contributed by atoms with Gasteiger partial charge >= 0.3 is 0 Å². The molecule has 2 atom stereocenters. The summed E-state index contributed by atoms with van der Waals surface area (Å²) in [5, 5.41) is 16.5. The fourth-order valence-electron chi connectivity index (χ4n) is 0.990. The molecule has 11 heavy (non-hydrogen) atoms. The molecule has 0 rings (SSSR count). The number of aliphatic hydroxyl groups is 1. The van der Waals surface area contributed by atoms with Gasteiger partial charge in [-0.3, -0.25) is 0 Å². The second kappa shape index (κ2) is 4.50. The Labute approximate surface area is 69.1 Å². The van der Waals surface area contributed by atoms with Gasteiger partial charge in [0.05, 0.1) is 0 Å². The first-order valence-electron chi connectivity index (χ1n) is 4.19. The normalized spacial score (nSPS) is 16.5. The Morgan fingerprint density at radius 1 is 1.27 bits per heavy atom. The maximum atomic E-state index is 8.84. The summed E-state index contributed by atoms with van der Waals surface area (Å²) in [4.78, 5) is 0. The van der Waals surface area contributed by atoms with Crippen molar-refractivity contribution in [2.45, 2.75) is 27.7 Å². The van der Waals surface area contributed by atoms with Crippen LogP contribution in [0.15, 0.2) is 0 Å². The number of rotatable bonds is 4. The third-order valence-corrected chi connectivity index (χ3v) is 2.25. The van der Waals surface area contributed by atoms with E-state index in [-0.39, 0.29) is 18.4 Å². The van der Waals surface area contributed by atoms with E-state index in [1.807, 2.05) is 27.7 Å². The maximum Gasteiger partial charge on any atom is 0.0462 e. The summed E-state index contributed by atoms with van der Waals surface area (Å²) in [6.45, 7) is 8.19. The summed E-state index contributed by atoms with van der Waals surface area (Å²) in [5.74, 6) is 0.726. The minimum absolute atomic E-state index is 0.177. The molecule has 0 aromatic rings. The van der Waals surface area contributed by atoms with E-state index in [9.17, 15) is 0 Å². The van der Waals surface area contributed by atoms with Crippen molar-refractivity contribution < 1.29 is 5.11 Å². The molecule has 0 aliphatic carbocycles. The fraction of sp³-hybridized carbons (Fsp3) is 0.889. The average Bonchev–Trinajstić information content (AvgIpc) is 2.00. The largest absolute Gasteiger partial charge is 0.396 e. The standard InChI is InChI=1S/C9H19NO/c1-6(2)9(10)8(4)7(3)5-11/h6-8,10-11H,5H2,1-4H3. The van der Waals surface area contributed by atoms with Gasteiger partial charge in [0.25, 0.3) is 0 Å². The van der Waals surface area contributed by atoms with Crippen molar-refractivity contribution in [1.29, 1.82) is 5.41 Å². The fourth-order valence-corrected chi connectivity index (χ4v) is 0.990. The Hall–Kier alpha value is -0.370. The van der Waals surface area contributed by atoms with Crippen molar-refractivity contribution >= 4 is 5.71 Å². The second-order valence-electron chi connectivity index (χ2n) is 3.56. The van der Waals surface area contributed by atoms with Gasteiger partial charge in [-0.25, -0.2) is 0 Å². The Kier molecular flexibility index (Phi) is 4.34. The third-order valence-electron chi connectivity index (χ3n) is 2.25. The molecule has 0 aromatic heterocycles. The van der Waals surface area contributed by atoms with Gasteiger partial charge in [0, 0.05) is 12.3 Å². The van der Waals surface area contributed by atoms with Crippen LogP contribution in [0, 0.1) is 23.2 Å². The zero-order valence-corrected chi connectivity index (χ0v) is 7.89. The van der Waals surface area contributed by atoms with Crippen LogP contribution in [0.5, 0.6) is 0 Å². The van der Waals surface area contributed by atoms with Crippen LogP contribution in [0.25, 0.3) is 0 Å². The SMILES string of the molecule is CC(C)C(=N)C(C)C(C)CO. The van der Waals surface area contributed by atoms with Gasteiger partial charge in [0.15, 0.2) is 0 Å². The van der Waals surface area contributed by atoms with Crippen LogP contribution in [-0.4, -0.2) is 17.4 Å². The third kappa shape index (κ3) is 3.02. The first kappa shape index (κ1) is 10.6. The monoisotopic (exact) mass is 157 g/mol. The minimum atomic E-state index is 0.177. The van der Waals surface area contributed by atoms with Crippen molar-refractivity contribution in [3.8, 4) is 0 Å². The number of nitrogens with one attached hydrogen (secondary N) is 1. The highest BCUT2D eigenvalue weighted by molar-refractivity contribution is 5.85. The molecule has 2 N–H and O–H groups in total. The van der Waals surface area contributed by atoms with Crippen molar-refractivity contribution in [2.75, 3.05) is 6.61 Å². The zero-order chi connectivity index (χ0) is 9.02. The molecule has 0 aliphatic heterocycles. The summed E-state index contributed by atoms with van der Waals surface area (Å²) in [5.41, 5.74) is 0.742. The molecular formula is C9H19NO. The highest BCUT2D eigenvalue weighted by Crippen LogP contribution is 2.15. The lowest BCUT2D eigenvalue weighted by Gasteiger charge is -2.20. The smallest absolute Gasteiger partial charge is 0.0462 e. The highest BCUT2D eigenvalue weighted by Gasteiger charge is 2.17. The summed E-state index contributed by atoms with van der Waals surface area (Å²) in [7, 11) is 0. The van der Waals surface area contributed by atoms with Gasteiger partial charge in [0.2, 0.25) is 0 Å². The number of aliphatic hydroxyl groups excluding tert-OH is 1. The van der Waals surface area contributed by atoms with E-state index >= 15 is 0 Å². The Morgan fingerprint density at radius 2 is 1.73 bits per heavy atom. The molecule has 0 fully saturated rings.